The largest absolute Gasteiger partial charge is 0.462 e. The fourth-order valence-corrected chi connectivity index (χ4v) is 2.01. The fourth-order valence-electron chi connectivity index (χ4n) is 2.01. The molecule has 0 unspecified atom stereocenters. The molecule has 1 aromatic rings. The first-order valence-corrected chi connectivity index (χ1v) is 7.48. The maximum Gasteiger partial charge on any atom is 0.305 e. The highest BCUT2D eigenvalue weighted by atomic mass is 16.6. The minimum Gasteiger partial charge on any atom is -0.462 e. The number of ether oxygens (including phenoxy) is 2. The van der Waals surface area contributed by atoms with Crippen molar-refractivity contribution in [3.63, 3.8) is 0 Å². The Kier molecular flexibility index (Phi) is 8.17. The van der Waals surface area contributed by atoms with Gasteiger partial charge in [0.2, 0.25) is 0 Å². The summed E-state index contributed by atoms with van der Waals surface area (Å²) in [5.41, 5.74) is 2.59. The molecule has 0 fully saturated rings. The summed E-state index contributed by atoms with van der Waals surface area (Å²) in [7, 11) is 0. The molecule has 0 saturated carbocycles. The average Bonchev–Trinajstić information content (AvgIpc) is 2.46. The van der Waals surface area contributed by atoms with Crippen molar-refractivity contribution in [3.8, 4) is 0 Å². The van der Waals surface area contributed by atoms with E-state index in [1.54, 1.807) is 0 Å². The number of hydrogen-bond donors (Lipinski definition) is 0. The van der Waals surface area contributed by atoms with Gasteiger partial charge in [-0.2, -0.15) is 0 Å². The Balaban J connectivity index is 2.14. The number of esters is 2. The maximum atomic E-state index is 11.5. The molecule has 0 aromatic heterocycles. The summed E-state index contributed by atoms with van der Waals surface area (Å²) in [6, 6.07) is 8.54. The predicted octanol–water partition coefficient (Wildman–Crippen LogP) is 3.07. The van der Waals surface area contributed by atoms with Crippen LogP contribution in [0.5, 0.6) is 0 Å². The first kappa shape index (κ1) is 17.2. The van der Waals surface area contributed by atoms with Gasteiger partial charge in [0.05, 0.1) is 0 Å². The van der Waals surface area contributed by atoms with Gasteiger partial charge in [-0.15, -0.1) is 0 Å². The summed E-state index contributed by atoms with van der Waals surface area (Å²) < 4.78 is 9.65. The first-order chi connectivity index (χ1) is 10.1. The molecule has 4 heteroatoms. The lowest BCUT2D eigenvalue weighted by atomic mass is 10.0. The van der Waals surface area contributed by atoms with Crippen LogP contribution in [0.15, 0.2) is 24.3 Å². The number of carbonyl (C=O) groups is 2. The van der Waals surface area contributed by atoms with E-state index in [0.29, 0.717) is 6.42 Å². The molecule has 1 rings (SSSR count). The summed E-state index contributed by atoms with van der Waals surface area (Å²) >= 11 is 0. The molecule has 0 N–H and O–H groups in total. The smallest absolute Gasteiger partial charge is 0.305 e. The molecule has 0 aliphatic carbocycles. The number of benzene rings is 1. The molecule has 0 radical (unpaired) electrons. The summed E-state index contributed by atoms with van der Waals surface area (Å²) in [6.07, 6.45) is 4.27. The second kappa shape index (κ2) is 9.97. The van der Waals surface area contributed by atoms with Crippen LogP contribution in [0.2, 0.25) is 0 Å². The Bertz CT molecular complexity index is 437. The monoisotopic (exact) mass is 292 g/mol. The highest BCUT2D eigenvalue weighted by molar-refractivity contribution is 5.69. The molecular formula is C17H24O4. The van der Waals surface area contributed by atoms with Crippen molar-refractivity contribution in [1.82, 2.24) is 0 Å². The molecule has 116 valence electrons. The van der Waals surface area contributed by atoms with E-state index >= 15 is 0 Å². The summed E-state index contributed by atoms with van der Waals surface area (Å²) in [5.74, 6) is -0.609. The van der Waals surface area contributed by atoms with E-state index in [4.69, 9.17) is 4.74 Å². The van der Waals surface area contributed by atoms with E-state index in [1.165, 1.54) is 18.1 Å². The van der Waals surface area contributed by atoms with Gasteiger partial charge in [0.15, 0.2) is 0 Å². The Hall–Kier alpha value is -1.84. The third-order valence-electron chi connectivity index (χ3n) is 3.06. The molecule has 0 amide bonds. The van der Waals surface area contributed by atoms with Crippen molar-refractivity contribution in [2.75, 3.05) is 13.2 Å². The number of rotatable bonds is 9. The highest BCUT2D eigenvalue weighted by Gasteiger charge is 2.04. The predicted molar refractivity (Wildman–Crippen MR) is 81.0 cm³/mol. The standard InChI is InChI=1S/C17H24O4/c1-3-5-15-8-10-16(11-9-15)6-4-7-17(19)21-13-12-20-14(2)18/h8-11H,3-7,12-13H2,1-2H3. The molecule has 0 spiro atoms. The van der Waals surface area contributed by atoms with Crippen LogP contribution in [-0.2, 0) is 31.9 Å². The molecular weight excluding hydrogens is 268 g/mol. The van der Waals surface area contributed by atoms with Crippen LogP contribution >= 0.6 is 0 Å². The lowest BCUT2D eigenvalue weighted by molar-refractivity contribution is -0.151. The van der Waals surface area contributed by atoms with Crippen LogP contribution in [0.3, 0.4) is 0 Å². The molecule has 0 aliphatic rings. The van der Waals surface area contributed by atoms with Crippen LogP contribution < -0.4 is 0 Å². The van der Waals surface area contributed by atoms with Gasteiger partial charge in [-0.1, -0.05) is 37.6 Å². The van der Waals surface area contributed by atoms with E-state index in [2.05, 4.69) is 35.9 Å². The van der Waals surface area contributed by atoms with Crippen molar-refractivity contribution >= 4 is 11.9 Å². The average molecular weight is 292 g/mol. The van der Waals surface area contributed by atoms with Crippen molar-refractivity contribution in [2.24, 2.45) is 0 Å². The molecule has 0 aliphatic heterocycles. The van der Waals surface area contributed by atoms with Crippen molar-refractivity contribution in [2.45, 2.75) is 46.0 Å². The number of hydrogen-bond acceptors (Lipinski definition) is 4. The van der Waals surface area contributed by atoms with Crippen molar-refractivity contribution in [3.05, 3.63) is 35.4 Å². The topological polar surface area (TPSA) is 52.6 Å². The molecule has 4 nitrogen and oxygen atoms in total. The van der Waals surface area contributed by atoms with Gasteiger partial charge in [0, 0.05) is 13.3 Å². The molecule has 0 saturated heterocycles. The normalized spacial score (nSPS) is 10.2. The molecule has 0 bridgehead atoms. The van der Waals surface area contributed by atoms with Crippen LogP contribution in [0.1, 0.15) is 44.2 Å². The van der Waals surface area contributed by atoms with E-state index in [0.717, 1.165) is 25.7 Å². The molecule has 0 heterocycles. The van der Waals surface area contributed by atoms with Crippen LogP contribution in [-0.4, -0.2) is 25.2 Å². The third-order valence-corrected chi connectivity index (χ3v) is 3.06. The van der Waals surface area contributed by atoms with Gasteiger partial charge >= 0.3 is 11.9 Å². The second-order valence-corrected chi connectivity index (χ2v) is 4.98. The summed E-state index contributed by atoms with van der Waals surface area (Å²) in [6.45, 7) is 3.75. The Morgan fingerprint density at radius 3 is 2.10 bits per heavy atom. The third kappa shape index (κ3) is 8.12. The zero-order chi connectivity index (χ0) is 15.5. The minimum atomic E-state index is -0.363. The van der Waals surface area contributed by atoms with Gasteiger partial charge < -0.3 is 9.47 Å². The lowest BCUT2D eigenvalue weighted by Crippen LogP contribution is -2.12. The zero-order valence-corrected chi connectivity index (χ0v) is 12.9. The molecule has 1 aromatic carbocycles. The Morgan fingerprint density at radius 2 is 1.52 bits per heavy atom. The maximum absolute atomic E-state index is 11.5. The molecule has 21 heavy (non-hydrogen) atoms. The second-order valence-electron chi connectivity index (χ2n) is 4.98. The van der Waals surface area contributed by atoms with Gasteiger partial charge in [0.25, 0.3) is 0 Å². The molecule has 0 atom stereocenters. The van der Waals surface area contributed by atoms with E-state index in [-0.39, 0.29) is 25.2 Å². The summed E-state index contributed by atoms with van der Waals surface area (Å²) in [4.78, 5) is 22.0. The van der Waals surface area contributed by atoms with Crippen LogP contribution in [0, 0.1) is 0 Å². The fraction of sp³-hybridized carbons (Fsp3) is 0.529. The zero-order valence-electron chi connectivity index (χ0n) is 12.9. The van der Waals surface area contributed by atoms with Crippen LogP contribution in [0.4, 0.5) is 0 Å². The van der Waals surface area contributed by atoms with Gasteiger partial charge in [-0.05, 0) is 30.4 Å². The van der Waals surface area contributed by atoms with E-state index in [9.17, 15) is 9.59 Å². The lowest BCUT2D eigenvalue weighted by Gasteiger charge is -2.06. The number of aryl methyl sites for hydroxylation is 2. The van der Waals surface area contributed by atoms with Crippen molar-refractivity contribution < 1.29 is 19.1 Å². The van der Waals surface area contributed by atoms with E-state index in [1.807, 2.05) is 0 Å². The number of carbonyl (C=O) groups excluding carboxylic acids is 2. The minimum absolute atomic E-state index is 0.125. The first-order valence-electron chi connectivity index (χ1n) is 7.48. The Morgan fingerprint density at radius 1 is 0.952 bits per heavy atom. The summed E-state index contributed by atoms with van der Waals surface area (Å²) in [5, 5.41) is 0. The van der Waals surface area contributed by atoms with Gasteiger partial charge in [-0.25, -0.2) is 0 Å². The van der Waals surface area contributed by atoms with Crippen LogP contribution in [0.25, 0.3) is 0 Å². The van der Waals surface area contributed by atoms with Crippen molar-refractivity contribution in [1.29, 1.82) is 0 Å². The van der Waals surface area contributed by atoms with Gasteiger partial charge in [-0.3, -0.25) is 9.59 Å². The van der Waals surface area contributed by atoms with E-state index < -0.39 is 0 Å². The Labute approximate surface area is 126 Å². The quantitative estimate of drug-likeness (QED) is 0.518. The SMILES string of the molecule is CCCc1ccc(CCCC(=O)OCCOC(C)=O)cc1. The highest BCUT2D eigenvalue weighted by Crippen LogP contribution is 2.09. The van der Waals surface area contributed by atoms with Gasteiger partial charge in [0.1, 0.15) is 13.2 Å².